The number of hydrogen-bond acceptors (Lipinski definition) is 3. The number of hydrogen-bond donors (Lipinski definition) is 2. The zero-order valence-electron chi connectivity index (χ0n) is 9.49. The molecule has 0 aliphatic rings. The average Bonchev–Trinajstić information content (AvgIpc) is 2.29. The normalized spacial score (nSPS) is 10.2. The molecule has 0 aromatic heterocycles. The standard InChI is InChI=1S/C12H16BrNO3/c13-4-6-17-7-5-14-12(16)9-10-2-1-3-11(15)8-10/h1-3,8,15H,4-7,9H2,(H,14,16). The molecule has 17 heavy (non-hydrogen) atoms. The van der Waals surface area contributed by atoms with Crippen molar-refractivity contribution in [3.63, 3.8) is 0 Å². The van der Waals surface area contributed by atoms with Crippen LogP contribution in [-0.4, -0.2) is 36.1 Å². The van der Waals surface area contributed by atoms with Crippen LogP contribution in [-0.2, 0) is 16.0 Å². The SMILES string of the molecule is O=C(Cc1cccc(O)c1)NCCOCCBr. The molecule has 0 saturated carbocycles. The Bertz CT molecular complexity index is 357. The molecule has 1 aromatic carbocycles. The summed E-state index contributed by atoms with van der Waals surface area (Å²) >= 11 is 3.25. The van der Waals surface area contributed by atoms with E-state index in [-0.39, 0.29) is 18.1 Å². The first-order valence-corrected chi connectivity index (χ1v) is 6.53. The highest BCUT2D eigenvalue weighted by molar-refractivity contribution is 9.09. The lowest BCUT2D eigenvalue weighted by Crippen LogP contribution is -2.28. The van der Waals surface area contributed by atoms with Crippen LogP contribution in [0.3, 0.4) is 0 Å². The summed E-state index contributed by atoms with van der Waals surface area (Å²) in [5.74, 6) is 0.106. The number of rotatable bonds is 7. The lowest BCUT2D eigenvalue weighted by Gasteiger charge is -2.06. The van der Waals surface area contributed by atoms with E-state index in [1.54, 1.807) is 24.3 Å². The zero-order valence-corrected chi connectivity index (χ0v) is 11.1. The van der Waals surface area contributed by atoms with Gasteiger partial charge in [-0.2, -0.15) is 0 Å². The molecular formula is C12H16BrNO3. The summed E-state index contributed by atoms with van der Waals surface area (Å²) in [5.41, 5.74) is 0.795. The fourth-order valence-electron chi connectivity index (χ4n) is 1.33. The fourth-order valence-corrected chi connectivity index (χ4v) is 1.56. The van der Waals surface area contributed by atoms with Gasteiger partial charge >= 0.3 is 0 Å². The Kier molecular flexibility index (Phi) is 6.65. The van der Waals surface area contributed by atoms with Crippen LogP contribution in [0.5, 0.6) is 5.75 Å². The van der Waals surface area contributed by atoms with Crippen molar-refractivity contribution in [1.82, 2.24) is 5.32 Å². The number of phenolic OH excluding ortho intramolecular Hbond substituents is 1. The summed E-state index contributed by atoms with van der Waals surface area (Å²) < 4.78 is 5.20. The molecule has 1 aromatic rings. The lowest BCUT2D eigenvalue weighted by atomic mass is 10.1. The summed E-state index contributed by atoms with van der Waals surface area (Å²) in [4.78, 5) is 11.5. The molecule has 0 fully saturated rings. The minimum Gasteiger partial charge on any atom is -0.508 e. The van der Waals surface area contributed by atoms with E-state index in [4.69, 9.17) is 4.74 Å². The molecule has 0 radical (unpaired) electrons. The average molecular weight is 302 g/mol. The summed E-state index contributed by atoms with van der Waals surface area (Å²) in [6.45, 7) is 1.66. The molecule has 2 N–H and O–H groups in total. The van der Waals surface area contributed by atoms with Crippen LogP contribution in [0.25, 0.3) is 0 Å². The maximum atomic E-state index is 11.5. The number of nitrogens with one attached hydrogen (secondary N) is 1. The number of amides is 1. The van der Waals surface area contributed by atoms with Gasteiger partial charge in [-0.1, -0.05) is 28.1 Å². The first-order valence-electron chi connectivity index (χ1n) is 5.40. The Morgan fingerprint density at radius 1 is 1.41 bits per heavy atom. The molecule has 0 spiro atoms. The number of ether oxygens (including phenoxy) is 1. The van der Waals surface area contributed by atoms with E-state index in [9.17, 15) is 9.90 Å². The van der Waals surface area contributed by atoms with Gasteiger partial charge in [-0.05, 0) is 17.7 Å². The van der Waals surface area contributed by atoms with Crippen LogP contribution in [0.15, 0.2) is 24.3 Å². The van der Waals surface area contributed by atoms with Crippen LogP contribution < -0.4 is 5.32 Å². The van der Waals surface area contributed by atoms with Gasteiger partial charge in [0.05, 0.1) is 19.6 Å². The van der Waals surface area contributed by atoms with Crippen molar-refractivity contribution in [3.05, 3.63) is 29.8 Å². The molecule has 0 heterocycles. The number of phenols is 1. The fraction of sp³-hybridized carbons (Fsp3) is 0.417. The van der Waals surface area contributed by atoms with E-state index < -0.39 is 0 Å². The van der Waals surface area contributed by atoms with Gasteiger partial charge in [0.25, 0.3) is 0 Å². The topological polar surface area (TPSA) is 58.6 Å². The van der Waals surface area contributed by atoms with Crippen LogP contribution >= 0.6 is 15.9 Å². The Balaban J connectivity index is 2.21. The highest BCUT2D eigenvalue weighted by atomic mass is 79.9. The molecule has 1 amide bonds. The summed E-state index contributed by atoms with van der Waals surface area (Å²) in [6, 6.07) is 6.69. The molecule has 0 aliphatic heterocycles. The third-order valence-electron chi connectivity index (χ3n) is 2.07. The van der Waals surface area contributed by atoms with Gasteiger partial charge in [-0.3, -0.25) is 4.79 Å². The minimum atomic E-state index is -0.0713. The van der Waals surface area contributed by atoms with Crippen molar-refractivity contribution < 1.29 is 14.6 Å². The van der Waals surface area contributed by atoms with Crippen LogP contribution in [0.1, 0.15) is 5.56 Å². The second-order valence-corrected chi connectivity index (χ2v) is 4.29. The van der Waals surface area contributed by atoms with Gasteiger partial charge in [0.2, 0.25) is 5.91 Å². The maximum absolute atomic E-state index is 11.5. The van der Waals surface area contributed by atoms with E-state index in [0.717, 1.165) is 10.9 Å². The van der Waals surface area contributed by atoms with E-state index in [0.29, 0.717) is 19.8 Å². The number of halogens is 1. The first kappa shape index (κ1) is 14.0. The molecule has 1 rings (SSSR count). The third kappa shape index (κ3) is 6.28. The number of aromatic hydroxyl groups is 1. The van der Waals surface area contributed by atoms with Crippen molar-refractivity contribution in [1.29, 1.82) is 0 Å². The van der Waals surface area contributed by atoms with Crippen molar-refractivity contribution in [2.24, 2.45) is 0 Å². The highest BCUT2D eigenvalue weighted by Crippen LogP contribution is 2.10. The number of benzene rings is 1. The monoisotopic (exact) mass is 301 g/mol. The predicted octanol–water partition coefficient (Wildman–Crippen LogP) is 1.46. The molecule has 0 atom stereocenters. The molecule has 94 valence electrons. The van der Waals surface area contributed by atoms with Crippen molar-refractivity contribution in [3.8, 4) is 5.75 Å². The van der Waals surface area contributed by atoms with E-state index >= 15 is 0 Å². The van der Waals surface area contributed by atoms with Crippen molar-refractivity contribution in [2.75, 3.05) is 25.1 Å². The Labute approximate surface area is 109 Å². The molecule has 5 heteroatoms. The number of carbonyl (C=O) groups is 1. The minimum absolute atomic E-state index is 0.0713. The smallest absolute Gasteiger partial charge is 0.224 e. The Morgan fingerprint density at radius 2 is 2.24 bits per heavy atom. The second-order valence-electron chi connectivity index (χ2n) is 3.50. The van der Waals surface area contributed by atoms with Gasteiger partial charge in [0.1, 0.15) is 5.75 Å². The van der Waals surface area contributed by atoms with Crippen LogP contribution in [0.2, 0.25) is 0 Å². The molecule has 0 unspecified atom stereocenters. The molecule has 4 nitrogen and oxygen atoms in total. The van der Waals surface area contributed by atoms with E-state index in [1.165, 1.54) is 0 Å². The molecule has 0 bridgehead atoms. The summed E-state index contributed by atoms with van der Waals surface area (Å²) in [5, 5.41) is 12.8. The largest absolute Gasteiger partial charge is 0.508 e. The lowest BCUT2D eigenvalue weighted by molar-refractivity contribution is -0.120. The van der Waals surface area contributed by atoms with E-state index in [1.807, 2.05) is 0 Å². The van der Waals surface area contributed by atoms with Gasteiger partial charge in [0.15, 0.2) is 0 Å². The zero-order chi connectivity index (χ0) is 12.5. The number of alkyl halides is 1. The van der Waals surface area contributed by atoms with Crippen molar-refractivity contribution >= 4 is 21.8 Å². The Hall–Kier alpha value is -1.07. The second kappa shape index (κ2) is 8.08. The molecule has 0 aliphatic carbocycles. The van der Waals surface area contributed by atoms with Gasteiger partial charge < -0.3 is 15.2 Å². The predicted molar refractivity (Wildman–Crippen MR) is 69.4 cm³/mol. The van der Waals surface area contributed by atoms with Crippen LogP contribution in [0, 0.1) is 0 Å². The third-order valence-corrected chi connectivity index (χ3v) is 2.39. The molecular weight excluding hydrogens is 286 g/mol. The number of carbonyl (C=O) groups excluding carboxylic acids is 1. The van der Waals surface area contributed by atoms with Gasteiger partial charge in [-0.15, -0.1) is 0 Å². The quantitative estimate of drug-likeness (QED) is 0.592. The highest BCUT2D eigenvalue weighted by Gasteiger charge is 2.03. The Morgan fingerprint density at radius 3 is 2.94 bits per heavy atom. The van der Waals surface area contributed by atoms with Gasteiger partial charge in [0, 0.05) is 11.9 Å². The summed E-state index contributed by atoms with van der Waals surface area (Å²) in [6.07, 6.45) is 0.271. The van der Waals surface area contributed by atoms with Crippen LogP contribution in [0.4, 0.5) is 0 Å². The van der Waals surface area contributed by atoms with Crippen molar-refractivity contribution in [2.45, 2.75) is 6.42 Å². The molecule has 0 saturated heterocycles. The summed E-state index contributed by atoms with van der Waals surface area (Å²) in [7, 11) is 0. The van der Waals surface area contributed by atoms with Gasteiger partial charge in [-0.25, -0.2) is 0 Å². The maximum Gasteiger partial charge on any atom is 0.224 e. The first-order chi connectivity index (χ1) is 8.22. The van der Waals surface area contributed by atoms with E-state index in [2.05, 4.69) is 21.2 Å².